The van der Waals surface area contributed by atoms with E-state index in [2.05, 4.69) is 60.8 Å². The number of ether oxygens (including phenoxy) is 1. The number of rotatable bonds is 3. The van der Waals surface area contributed by atoms with Crippen LogP contribution in [-0.4, -0.2) is 35.1 Å². The minimum Gasteiger partial charge on any atom is -0.451 e. The average molecular weight is 449 g/mol. The minimum atomic E-state index is -0.574. The normalized spacial score (nSPS) is 18.7. The van der Waals surface area contributed by atoms with Gasteiger partial charge in [-0.05, 0) is 53.9 Å². The highest BCUT2D eigenvalue weighted by molar-refractivity contribution is 6.02. The van der Waals surface area contributed by atoms with Gasteiger partial charge in [0.2, 0.25) is 0 Å². The number of nitrogens with one attached hydrogen (secondary N) is 2. The van der Waals surface area contributed by atoms with Crippen molar-refractivity contribution in [3.05, 3.63) is 59.8 Å². The van der Waals surface area contributed by atoms with Crippen LogP contribution in [0.2, 0.25) is 0 Å². The van der Waals surface area contributed by atoms with Crippen molar-refractivity contribution >= 4 is 28.7 Å². The van der Waals surface area contributed by atoms with E-state index in [0.717, 1.165) is 25.7 Å². The summed E-state index contributed by atoms with van der Waals surface area (Å²) < 4.78 is 5.93. The molecule has 7 nitrogen and oxygen atoms in total. The van der Waals surface area contributed by atoms with Crippen LogP contribution in [0.1, 0.15) is 63.5 Å². The number of nitrogens with zero attached hydrogens (tertiary/aromatic N) is 2. The second-order valence-electron chi connectivity index (χ2n) is 9.80. The maximum Gasteiger partial charge on any atom is 0.434 e. The molecule has 1 saturated carbocycles. The van der Waals surface area contributed by atoms with Gasteiger partial charge in [0, 0.05) is 11.4 Å². The van der Waals surface area contributed by atoms with Crippen LogP contribution in [0.25, 0.3) is 10.9 Å². The standard InChI is InChI=1S/C26H32N4O3/c1-26(2,3)19-13-11-17(12-14-19)18-7-5-8-20(15-18)28-24(31)29-22-9-6-10-23-21(22)16-27-30(23)25(32)33-4/h6,9-14,16,18,20H,5,7-8,15H2,1-4H3,(H2,28,29,31). The largest absolute Gasteiger partial charge is 0.451 e. The maximum atomic E-state index is 12.8. The third-order valence-electron chi connectivity index (χ3n) is 6.47. The second-order valence-corrected chi connectivity index (χ2v) is 9.80. The van der Waals surface area contributed by atoms with Crippen LogP contribution in [0, 0.1) is 0 Å². The van der Waals surface area contributed by atoms with Gasteiger partial charge in [-0.15, -0.1) is 0 Å². The first-order valence-corrected chi connectivity index (χ1v) is 11.5. The molecule has 2 atom stereocenters. The van der Waals surface area contributed by atoms with Gasteiger partial charge < -0.3 is 15.4 Å². The van der Waals surface area contributed by atoms with Gasteiger partial charge in [0.25, 0.3) is 0 Å². The lowest BCUT2D eigenvalue weighted by atomic mass is 9.80. The molecule has 1 aliphatic rings. The van der Waals surface area contributed by atoms with E-state index in [1.54, 1.807) is 24.4 Å². The maximum absolute atomic E-state index is 12.8. The van der Waals surface area contributed by atoms with Crippen LogP contribution in [0.3, 0.4) is 0 Å². The Morgan fingerprint density at radius 2 is 1.85 bits per heavy atom. The third-order valence-corrected chi connectivity index (χ3v) is 6.47. The Hall–Kier alpha value is -3.35. The monoisotopic (exact) mass is 448 g/mol. The molecule has 0 aliphatic heterocycles. The van der Waals surface area contributed by atoms with Crippen LogP contribution >= 0.6 is 0 Å². The zero-order valence-corrected chi connectivity index (χ0v) is 19.7. The van der Waals surface area contributed by atoms with Crippen molar-refractivity contribution in [1.29, 1.82) is 0 Å². The van der Waals surface area contributed by atoms with Gasteiger partial charge in [-0.25, -0.2) is 9.59 Å². The Balaban J connectivity index is 1.41. The van der Waals surface area contributed by atoms with Crippen LogP contribution in [0.4, 0.5) is 15.3 Å². The van der Waals surface area contributed by atoms with Gasteiger partial charge >= 0.3 is 12.1 Å². The highest BCUT2D eigenvalue weighted by atomic mass is 16.5. The quantitative estimate of drug-likeness (QED) is 0.531. The van der Waals surface area contributed by atoms with Gasteiger partial charge in [0.05, 0.1) is 24.5 Å². The lowest BCUT2D eigenvalue weighted by Crippen LogP contribution is -2.40. The SMILES string of the molecule is COC(=O)n1ncc2c(NC(=O)NC3CCCC(c4ccc(C(C)(C)C)cc4)C3)cccc21. The number of carbonyl (C=O) groups is 2. The van der Waals surface area contributed by atoms with E-state index in [9.17, 15) is 9.59 Å². The van der Waals surface area contributed by atoms with Gasteiger partial charge in [0.15, 0.2) is 0 Å². The lowest BCUT2D eigenvalue weighted by molar-refractivity contribution is 0.170. The van der Waals surface area contributed by atoms with Crippen LogP contribution in [0.5, 0.6) is 0 Å². The van der Waals surface area contributed by atoms with Crippen molar-refractivity contribution in [3.63, 3.8) is 0 Å². The first kappa shape index (κ1) is 22.8. The van der Waals surface area contributed by atoms with E-state index < -0.39 is 6.09 Å². The minimum absolute atomic E-state index is 0.114. The molecule has 3 aromatic rings. The van der Waals surface area contributed by atoms with Gasteiger partial charge in [-0.1, -0.05) is 57.5 Å². The molecule has 1 aromatic heterocycles. The molecule has 2 aromatic carbocycles. The first-order valence-electron chi connectivity index (χ1n) is 11.5. The molecular formula is C26H32N4O3. The number of benzene rings is 2. The number of anilines is 1. The van der Waals surface area contributed by atoms with E-state index in [1.807, 2.05) is 0 Å². The molecule has 4 rings (SSSR count). The zero-order valence-electron chi connectivity index (χ0n) is 19.7. The highest BCUT2D eigenvalue weighted by Crippen LogP contribution is 2.34. The molecular weight excluding hydrogens is 416 g/mol. The predicted octanol–water partition coefficient (Wildman–Crippen LogP) is 5.80. The van der Waals surface area contributed by atoms with Crippen LogP contribution < -0.4 is 10.6 Å². The van der Waals surface area contributed by atoms with Gasteiger partial charge in [-0.2, -0.15) is 9.78 Å². The van der Waals surface area contributed by atoms with Crippen molar-refractivity contribution in [1.82, 2.24) is 15.1 Å². The topological polar surface area (TPSA) is 85.2 Å². The van der Waals surface area contributed by atoms with Crippen molar-refractivity contribution in [2.24, 2.45) is 0 Å². The van der Waals surface area contributed by atoms with E-state index in [1.165, 1.54) is 22.9 Å². The summed E-state index contributed by atoms with van der Waals surface area (Å²) in [4.78, 5) is 24.7. The van der Waals surface area contributed by atoms with Crippen molar-refractivity contribution < 1.29 is 14.3 Å². The zero-order chi connectivity index (χ0) is 23.6. The van der Waals surface area contributed by atoms with E-state index in [0.29, 0.717) is 22.5 Å². The fourth-order valence-electron chi connectivity index (χ4n) is 4.61. The van der Waals surface area contributed by atoms with Gasteiger partial charge in [-0.3, -0.25) is 0 Å². The molecule has 1 aliphatic carbocycles. The first-order chi connectivity index (χ1) is 15.8. The predicted molar refractivity (Wildman–Crippen MR) is 130 cm³/mol. The molecule has 174 valence electrons. The molecule has 0 bridgehead atoms. The number of methoxy groups -OCH3 is 1. The molecule has 1 fully saturated rings. The molecule has 0 radical (unpaired) electrons. The second kappa shape index (κ2) is 9.25. The molecule has 0 spiro atoms. The number of fused-ring (bicyclic) bond motifs is 1. The Morgan fingerprint density at radius 1 is 1.09 bits per heavy atom. The fraction of sp³-hybridized carbons (Fsp3) is 0.423. The summed E-state index contributed by atoms with van der Waals surface area (Å²) in [6, 6.07) is 14.1. The molecule has 2 unspecified atom stereocenters. The lowest BCUT2D eigenvalue weighted by Gasteiger charge is -2.30. The fourth-order valence-corrected chi connectivity index (χ4v) is 4.61. The Morgan fingerprint density at radius 3 is 2.55 bits per heavy atom. The van der Waals surface area contributed by atoms with E-state index >= 15 is 0 Å². The molecule has 7 heteroatoms. The Labute approximate surface area is 194 Å². The number of carbonyl (C=O) groups excluding carboxylic acids is 2. The van der Waals surface area contributed by atoms with Crippen LogP contribution in [-0.2, 0) is 10.2 Å². The number of aromatic nitrogens is 2. The van der Waals surface area contributed by atoms with E-state index in [4.69, 9.17) is 4.74 Å². The molecule has 0 saturated heterocycles. The Bertz CT molecular complexity index is 1140. The van der Waals surface area contributed by atoms with Crippen molar-refractivity contribution in [3.8, 4) is 0 Å². The number of urea groups is 1. The average Bonchev–Trinajstić information content (AvgIpc) is 3.23. The molecule has 2 N–H and O–H groups in total. The summed E-state index contributed by atoms with van der Waals surface area (Å²) in [7, 11) is 1.31. The summed E-state index contributed by atoms with van der Waals surface area (Å²) in [5.74, 6) is 0.444. The van der Waals surface area contributed by atoms with Crippen molar-refractivity contribution in [2.45, 2.75) is 63.8 Å². The summed E-state index contributed by atoms with van der Waals surface area (Å²) in [5, 5.41) is 10.8. The summed E-state index contributed by atoms with van der Waals surface area (Å²) in [5.41, 5.74) is 4.00. The third kappa shape index (κ3) is 5.02. The van der Waals surface area contributed by atoms with Crippen LogP contribution in [0.15, 0.2) is 48.7 Å². The smallest absolute Gasteiger partial charge is 0.434 e. The number of hydrogen-bond acceptors (Lipinski definition) is 4. The van der Waals surface area contributed by atoms with Crippen molar-refractivity contribution in [2.75, 3.05) is 12.4 Å². The summed E-state index contributed by atoms with van der Waals surface area (Å²) in [6.07, 6.45) is 5.09. The number of hydrogen-bond donors (Lipinski definition) is 2. The van der Waals surface area contributed by atoms with Gasteiger partial charge in [0.1, 0.15) is 0 Å². The number of amides is 2. The summed E-state index contributed by atoms with van der Waals surface area (Å²) in [6.45, 7) is 6.67. The molecule has 1 heterocycles. The Kier molecular flexibility index (Phi) is 6.40. The summed E-state index contributed by atoms with van der Waals surface area (Å²) >= 11 is 0. The molecule has 2 amide bonds. The van der Waals surface area contributed by atoms with E-state index in [-0.39, 0.29) is 17.5 Å². The molecule has 33 heavy (non-hydrogen) atoms. The highest BCUT2D eigenvalue weighted by Gasteiger charge is 2.25.